The first-order valence-electron chi connectivity index (χ1n) is 6.26. The van der Waals surface area contributed by atoms with E-state index < -0.39 is 0 Å². The first kappa shape index (κ1) is 15.1. The van der Waals surface area contributed by atoms with Gasteiger partial charge in [0.1, 0.15) is 6.10 Å². The highest BCUT2D eigenvalue weighted by atomic mass is 35.5. The normalized spacial score (nSPS) is 12.6. The summed E-state index contributed by atoms with van der Waals surface area (Å²) in [5, 5.41) is 4.74. The number of rotatable bonds is 5. The molecule has 0 aliphatic heterocycles. The van der Waals surface area contributed by atoms with Crippen LogP contribution in [0.3, 0.4) is 0 Å². The highest BCUT2D eigenvalue weighted by molar-refractivity contribution is 6.37. The maximum absolute atomic E-state index is 5.99. The predicted octanol–water partition coefficient (Wildman–Crippen LogP) is 4.11. The molecule has 2 N–H and O–H groups in total. The first-order chi connectivity index (χ1) is 9.56. The van der Waals surface area contributed by atoms with Crippen molar-refractivity contribution in [1.29, 1.82) is 0 Å². The van der Waals surface area contributed by atoms with Crippen molar-refractivity contribution in [3.05, 3.63) is 28.0 Å². The Morgan fingerprint density at radius 3 is 2.75 bits per heavy atom. The van der Waals surface area contributed by atoms with E-state index in [0.717, 1.165) is 6.42 Å². The molecule has 7 heteroatoms. The summed E-state index contributed by atoms with van der Waals surface area (Å²) in [4.78, 5) is 4.31. The summed E-state index contributed by atoms with van der Waals surface area (Å²) in [5.41, 5.74) is 6.79. The van der Waals surface area contributed by atoms with Crippen molar-refractivity contribution >= 4 is 28.9 Å². The van der Waals surface area contributed by atoms with Gasteiger partial charge in [-0.05, 0) is 25.5 Å². The number of aromatic nitrogens is 2. The van der Waals surface area contributed by atoms with Gasteiger partial charge in [0.25, 0.3) is 5.89 Å². The average molecular weight is 316 g/mol. The van der Waals surface area contributed by atoms with Crippen molar-refractivity contribution in [1.82, 2.24) is 10.1 Å². The summed E-state index contributed by atoms with van der Waals surface area (Å²) < 4.78 is 10.8. The minimum Gasteiger partial charge on any atom is -0.397 e. The Labute approximate surface area is 127 Å². The van der Waals surface area contributed by atoms with Crippen molar-refractivity contribution in [3.8, 4) is 11.5 Å². The van der Waals surface area contributed by atoms with Gasteiger partial charge in [0.15, 0.2) is 0 Å². The molecule has 1 unspecified atom stereocenters. The highest BCUT2D eigenvalue weighted by Gasteiger charge is 2.20. The summed E-state index contributed by atoms with van der Waals surface area (Å²) in [5.74, 6) is 0.764. The fourth-order valence-corrected chi connectivity index (χ4v) is 2.31. The monoisotopic (exact) mass is 315 g/mol. The summed E-state index contributed by atoms with van der Waals surface area (Å²) in [6.45, 7) is 4.48. The number of nitrogen functional groups attached to an aromatic ring is 1. The van der Waals surface area contributed by atoms with Crippen molar-refractivity contribution in [2.45, 2.75) is 26.4 Å². The number of hydrogen-bond acceptors (Lipinski definition) is 5. The molecular weight excluding hydrogens is 301 g/mol. The molecule has 1 aromatic carbocycles. The lowest BCUT2D eigenvalue weighted by Crippen LogP contribution is -2.04. The lowest BCUT2D eigenvalue weighted by Gasteiger charge is -2.09. The summed E-state index contributed by atoms with van der Waals surface area (Å²) >= 11 is 12.0. The molecule has 0 radical (unpaired) electrons. The van der Waals surface area contributed by atoms with Crippen LogP contribution in [0.1, 0.15) is 32.2 Å². The van der Waals surface area contributed by atoms with Crippen LogP contribution in [0, 0.1) is 0 Å². The summed E-state index contributed by atoms with van der Waals surface area (Å²) in [6.07, 6.45) is 0.548. The zero-order chi connectivity index (χ0) is 14.7. The molecule has 0 aliphatic rings. The van der Waals surface area contributed by atoms with Gasteiger partial charge in [-0.15, -0.1) is 0 Å². The Kier molecular flexibility index (Phi) is 4.86. The second kappa shape index (κ2) is 6.43. The number of halogens is 2. The van der Waals surface area contributed by atoms with Crippen LogP contribution in [0.2, 0.25) is 10.0 Å². The SMILES string of the molecule is CCOC(CC)c1noc(-c2cc(Cl)cc(Cl)c2N)n1. The van der Waals surface area contributed by atoms with Crippen LogP contribution in [0.15, 0.2) is 16.7 Å². The van der Waals surface area contributed by atoms with Crippen LogP contribution < -0.4 is 5.73 Å². The first-order valence-corrected chi connectivity index (χ1v) is 7.02. The molecule has 2 aromatic rings. The minimum absolute atomic E-state index is 0.201. The number of nitrogens with zero attached hydrogens (tertiary/aromatic N) is 2. The van der Waals surface area contributed by atoms with Crippen LogP contribution in [-0.2, 0) is 4.74 Å². The number of ether oxygens (including phenoxy) is 1. The minimum atomic E-state index is -0.201. The predicted molar refractivity (Wildman–Crippen MR) is 78.8 cm³/mol. The molecule has 0 fully saturated rings. The fraction of sp³-hybridized carbons (Fsp3) is 0.385. The van der Waals surface area contributed by atoms with Crippen LogP contribution in [0.5, 0.6) is 0 Å². The third kappa shape index (κ3) is 3.06. The Morgan fingerprint density at radius 1 is 1.35 bits per heavy atom. The molecule has 1 atom stereocenters. The van der Waals surface area contributed by atoms with Gasteiger partial charge in [0, 0.05) is 11.6 Å². The van der Waals surface area contributed by atoms with E-state index in [1.807, 2.05) is 13.8 Å². The molecule has 0 amide bonds. The fourth-order valence-electron chi connectivity index (χ4n) is 1.81. The molecule has 0 saturated heterocycles. The van der Waals surface area contributed by atoms with Crippen molar-refractivity contribution < 1.29 is 9.26 Å². The van der Waals surface area contributed by atoms with Crippen molar-refractivity contribution in [2.24, 2.45) is 0 Å². The molecule has 0 saturated carbocycles. The molecule has 1 aromatic heterocycles. The largest absolute Gasteiger partial charge is 0.397 e. The van der Waals surface area contributed by atoms with E-state index in [-0.39, 0.29) is 12.0 Å². The van der Waals surface area contributed by atoms with Crippen LogP contribution in [0.4, 0.5) is 5.69 Å². The third-order valence-corrected chi connectivity index (χ3v) is 3.32. The molecule has 0 spiro atoms. The van der Waals surface area contributed by atoms with Gasteiger partial charge in [0.05, 0.1) is 16.3 Å². The summed E-state index contributed by atoms with van der Waals surface area (Å²) in [7, 11) is 0. The van der Waals surface area contributed by atoms with Crippen molar-refractivity contribution in [3.63, 3.8) is 0 Å². The van der Waals surface area contributed by atoms with Crippen molar-refractivity contribution in [2.75, 3.05) is 12.3 Å². The lowest BCUT2D eigenvalue weighted by molar-refractivity contribution is 0.0518. The van der Waals surface area contributed by atoms with Gasteiger partial charge in [-0.2, -0.15) is 4.98 Å². The van der Waals surface area contributed by atoms with E-state index in [4.69, 9.17) is 38.2 Å². The third-order valence-electron chi connectivity index (χ3n) is 2.79. The van der Waals surface area contributed by atoms with E-state index in [9.17, 15) is 0 Å². The van der Waals surface area contributed by atoms with Gasteiger partial charge in [-0.1, -0.05) is 35.3 Å². The molecule has 20 heavy (non-hydrogen) atoms. The number of anilines is 1. The van der Waals surface area contributed by atoms with Gasteiger partial charge in [-0.25, -0.2) is 0 Å². The molecular formula is C13H15Cl2N3O2. The van der Waals surface area contributed by atoms with E-state index >= 15 is 0 Å². The number of hydrogen-bond donors (Lipinski definition) is 1. The average Bonchev–Trinajstić information content (AvgIpc) is 2.89. The number of benzene rings is 1. The second-order valence-corrected chi connectivity index (χ2v) is 5.00. The topological polar surface area (TPSA) is 74.2 Å². The Morgan fingerprint density at radius 2 is 2.10 bits per heavy atom. The Balaban J connectivity index is 2.38. The zero-order valence-electron chi connectivity index (χ0n) is 11.2. The maximum Gasteiger partial charge on any atom is 0.260 e. The Bertz CT molecular complexity index is 601. The van der Waals surface area contributed by atoms with Crippen LogP contribution >= 0.6 is 23.2 Å². The van der Waals surface area contributed by atoms with Crippen LogP contribution in [0.25, 0.3) is 11.5 Å². The summed E-state index contributed by atoms with van der Waals surface area (Å²) in [6, 6.07) is 3.20. The zero-order valence-corrected chi connectivity index (χ0v) is 12.7. The maximum atomic E-state index is 5.99. The Hall–Kier alpha value is -1.30. The van der Waals surface area contributed by atoms with Gasteiger partial charge in [-0.3, -0.25) is 0 Å². The van der Waals surface area contributed by atoms with E-state index in [0.29, 0.717) is 33.7 Å². The van der Waals surface area contributed by atoms with Gasteiger partial charge in [0.2, 0.25) is 5.82 Å². The molecule has 2 rings (SSSR count). The molecule has 5 nitrogen and oxygen atoms in total. The van der Waals surface area contributed by atoms with Gasteiger partial charge < -0.3 is 15.0 Å². The van der Waals surface area contributed by atoms with E-state index in [2.05, 4.69) is 10.1 Å². The van der Waals surface area contributed by atoms with E-state index in [1.54, 1.807) is 12.1 Å². The highest BCUT2D eigenvalue weighted by Crippen LogP contribution is 2.34. The molecule has 108 valence electrons. The molecule has 0 aliphatic carbocycles. The van der Waals surface area contributed by atoms with E-state index in [1.165, 1.54) is 0 Å². The molecule has 1 heterocycles. The van der Waals surface area contributed by atoms with Crippen LogP contribution in [-0.4, -0.2) is 16.7 Å². The second-order valence-electron chi connectivity index (χ2n) is 4.16. The smallest absolute Gasteiger partial charge is 0.260 e. The standard InChI is InChI=1S/C13H15Cl2N3O2/c1-3-10(19-4-2)12-17-13(20-18-12)8-5-7(14)6-9(15)11(8)16/h5-6,10H,3-4,16H2,1-2H3. The van der Waals surface area contributed by atoms with Gasteiger partial charge >= 0.3 is 0 Å². The number of nitrogens with two attached hydrogens (primary N) is 1. The lowest BCUT2D eigenvalue weighted by atomic mass is 10.2. The quantitative estimate of drug-likeness (QED) is 0.840. The molecule has 0 bridgehead atoms.